The Labute approximate surface area is 93.2 Å². The van der Waals surface area contributed by atoms with Crippen LogP contribution in [-0.4, -0.2) is 54.4 Å². The van der Waals surface area contributed by atoms with Crippen molar-refractivity contribution in [3.8, 4) is 0 Å². The SMILES string of the molecule is CCN(CC)C1CCN(CCCCl)C1. The summed E-state index contributed by atoms with van der Waals surface area (Å²) in [5.74, 6) is 0.798. The van der Waals surface area contributed by atoms with E-state index in [2.05, 4.69) is 23.6 Å². The van der Waals surface area contributed by atoms with Crippen LogP contribution in [0.1, 0.15) is 26.7 Å². The number of halogens is 1. The molecule has 1 rings (SSSR count). The summed E-state index contributed by atoms with van der Waals surface area (Å²) in [6.07, 6.45) is 2.47. The molecule has 84 valence electrons. The highest BCUT2D eigenvalue weighted by atomic mass is 35.5. The number of likely N-dealkylation sites (N-methyl/N-ethyl adjacent to an activating group) is 1. The number of alkyl halides is 1. The predicted octanol–water partition coefficient (Wildman–Crippen LogP) is 2.03. The monoisotopic (exact) mass is 218 g/mol. The fourth-order valence-electron chi connectivity index (χ4n) is 2.34. The first-order valence-electron chi connectivity index (χ1n) is 5.84. The lowest BCUT2D eigenvalue weighted by molar-refractivity contribution is 0.211. The van der Waals surface area contributed by atoms with Crippen LogP contribution >= 0.6 is 11.6 Å². The van der Waals surface area contributed by atoms with Gasteiger partial charge in [-0.1, -0.05) is 13.8 Å². The molecule has 0 radical (unpaired) electrons. The van der Waals surface area contributed by atoms with Gasteiger partial charge in [0.15, 0.2) is 0 Å². The molecule has 1 saturated heterocycles. The van der Waals surface area contributed by atoms with E-state index in [4.69, 9.17) is 11.6 Å². The summed E-state index contributed by atoms with van der Waals surface area (Å²) in [6, 6.07) is 0.792. The third kappa shape index (κ3) is 3.41. The topological polar surface area (TPSA) is 6.48 Å². The number of hydrogen-bond donors (Lipinski definition) is 0. The molecule has 0 aromatic carbocycles. The maximum absolute atomic E-state index is 5.70. The summed E-state index contributed by atoms with van der Waals surface area (Å²) in [4.78, 5) is 5.12. The minimum atomic E-state index is 0.792. The summed E-state index contributed by atoms with van der Waals surface area (Å²) in [5, 5.41) is 0. The maximum Gasteiger partial charge on any atom is 0.0235 e. The number of nitrogens with zero attached hydrogens (tertiary/aromatic N) is 2. The van der Waals surface area contributed by atoms with Crippen LogP contribution in [0.25, 0.3) is 0 Å². The van der Waals surface area contributed by atoms with Crippen molar-refractivity contribution in [1.82, 2.24) is 9.80 Å². The summed E-state index contributed by atoms with van der Waals surface area (Å²) >= 11 is 5.70. The first kappa shape index (κ1) is 12.3. The molecule has 1 aliphatic rings. The zero-order chi connectivity index (χ0) is 10.4. The Morgan fingerprint density at radius 1 is 1.36 bits per heavy atom. The van der Waals surface area contributed by atoms with E-state index in [1.54, 1.807) is 0 Å². The smallest absolute Gasteiger partial charge is 0.0235 e. The fourth-order valence-corrected chi connectivity index (χ4v) is 2.46. The average Bonchev–Trinajstić information content (AvgIpc) is 2.65. The number of rotatable bonds is 6. The second kappa shape index (κ2) is 6.65. The van der Waals surface area contributed by atoms with Gasteiger partial charge in [0.2, 0.25) is 0 Å². The normalized spacial score (nSPS) is 23.6. The van der Waals surface area contributed by atoms with E-state index in [9.17, 15) is 0 Å². The molecule has 1 fully saturated rings. The standard InChI is InChI=1S/C11H23ClN2/c1-3-14(4-2)11-6-9-13(10-11)8-5-7-12/h11H,3-10H2,1-2H3. The Kier molecular flexibility index (Phi) is 5.83. The van der Waals surface area contributed by atoms with Gasteiger partial charge < -0.3 is 4.90 Å². The lowest BCUT2D eigenvalue weighted by Crippen LogP contribution is -2.37. The zero-order valence-corrected chi connectivity index (χ0v) is 10.3. The van der Waals surface area contributed by atoms with Gasteiger partial charge in [-0.2, -0.15) is 0 Å². The van der Waals surface area contributed by atoms with Crippen LogP contribution in [0, 0.1) is 0 Å². The molecule has 0 bridgehead atoms. The van der Waals surface area contributed by atoms with Crippen LogP contribution in [-0.2, 0) is 0 Å². The van der Waals surface area contributed by atoms with E-state index >= 15 is 0 Å². The molecule has 0 amide bonds. The van der Waals surface area contributed by atoms with E-state index in [0.29, 0.717) is 0 Å². The Morgan fingerprint density at radius 3 is 2.64 bits per heavy atom. The molecule has 0 aromatic heterocycles. The highest BCUT2D eigenvalue weighted by Gasteiger charge is 2.25. The molecular formula is C11H23ClN2. The van der Waals surface area contributed by atoms with Crippen molar-refractivity contribution in [1.29, 1.82) is 0 Å². The van der Waals surface area contributed by atoms with Gasteiger partial charge in [-0.3, -0.25) is 4.90 Å². The van der Waals surface area contributed by atoms with Crippen molar-refractivity contribution in [2.75, 3.05) is 38.6 Å². The van der Waals surface area contributed by atoms with Crippen molar-refractivity contribution < 1.29 is 0 Å². The lowest BCUT2D eigenvalue weighted by Gasteiger charge is -2.26. The van der Waals surface area contributed by atoms with Crippen molar-refractivity contribution in [3.05, 3.63) is 0 Å². The predicted molar refractivity (Wildman–Crippen MR) is 63.1 cm³/mol. The van der Waals surface area contributed by atoms with E-state index < -0.39 is 0 Å². The van der Waals surface area contributed by atoms with Gasteiger partial charge in [-0.05, 0) is 39.0 Å². The molecule has 0 saturated carbocycles. The first-order chi connectivity index (χ1) is 6.81. The van der Waals surface area contributed by atoms with Gasteiger partial charge in [0.05, 0.1) is 0 Å². The van der Waals surface area contributed by atoms with Gasteiger partial charge in [0.25, 0.3) is 0 Å². The minimum Gasteiger partial charge on any atom is -0.302 e. The molecule has 14 heavy (non-hydrogen) atoms. The first-order valence-corrected chi connectivity index (χ1v) is 6.37. The largest absolute Gasteiger partial charge is 0.302 e. The van der Waals surface area contributed by atoms with Gasteiger partial charge >= 0.3 is 0 Å². The van der Waals surface area contributed by atoms with Crippen LogP contribution in [0.5, 0.6) is 0 Å². The lowest BCUT2D eigenvalue weighted by atomic mass is 10.2. The molecule has 1 unspecified atom stereocenters. The van der Waals surface area contributed by atoms with Crippen molar-refractivity contribution in [2.45, 2.75) is 32.7 Å². The van der Waals surface area contributed by atoms with E-state index in [0.717, 1.165) is 18.3 Å². The van der Waals surface area contributed by atoms with Gasteiger partial charge in [0.1, 0.15) is 0 Å². The maximum atomic E-state index is 5.70. The summed E-state index contributed by atoms with van der Waals surface area (Å²) in [6.45, 7) is 10.6. The highest BCUT2D eigenvalue weighted by Crippen LogP contribution is 2.15. The third-order valence-electron chi connectivity index (χ3n) is 3.18. The van der Waals surface area contributed by atoms with Crippen molar-refractivity contribution in [2.24, 2.45) is 0 Å². The Morgan fingerprint density at radius 2 is 2.07 bits per heavy atom. The summed E-state index contributed by atoms with van der Waals surface area (Å²) in [7, 11) is 0. The second-order valence-electron chi connectivity index (χ2n) is 4.01. The number of likely N-dealkylation sites (tertiary alicyclic amines) is 1. The molecule has 1 atom stereocenters. The Balaban J connectivity index is 2.25. The molecule has 0 spiro atoms. The summed E-state index contributed by atoms with van der Waals surface area (Å²) in [5.41, 5.74) is 0. The molecule has 1 heterocycles. The third-order valence-corrected chi connectivity index (χ3v) is 3.45. The van der Waals surface area contributed by atoms with Gasteiger partial charge in [0, 0.05) is 18.5 Å². The molecular weight excluding hydrogens is 196 g/mol. The van der Waals surface area contributed by atoms with Crippen LogP contribution in [0.4, 0.5) is 0 Å². The highest BCUT2D eigenvalue weighted by molar-refractivity contribution is 6.17. The molecule has 0 aliphatic carbocycles. The van der Waals surface area contributed by atoms with Gasteiger partial charge in [-0.15, -0.1) is 11.6 Å². The fraction of sp³-hybridized carbons (Fsp3) is 1.00. The minimum absolute atomic E-state index is 0.792. The Bertz CT molecular complexity index is 148. The van der Waals surface area contributed by atoms with Crippen LogP contribution in [0.3, 0.4) is 0 Å². The molecule has 3 heteroatoms. The van der Waals surface area contributed by atoms with Crippen molar-refractivity contribution >= 4 is 11.6 Å². The van der Waals surface area contributed by atoms with E-state index in [-0.39, 0.29) is 0 Å². The Hall–Kier alpha value is 0.210. The average molecular weight is 219 g/mol. The van der Waals surface area contributed by atoms with Crippen LogP contribution < -0.4 is 0 Å². The van der Waals surface area contributed by atoms with Crippen LogP contribution in [0.15, 0.2) is 0 Å². The molecule has 1 aliphatic heterocycles. The zero-order valence-electron chi connectivity index (χ0n) is 9.51. The van der Waals surface area contributed by atoms with Crippen molar-refractivity contribution in [3.63, 3.8) is 0 Å². The van der Waals surface area contributed by atoms with Gasteiger partial charge in [-0.25, -0.2) is 0 Å². The molecule has 2 nitrogen and oxygen atoms in total. The van der Waals surface area contributed by atoms with E-state index in [1.807, 2.05) is 0 Å². The molecule has 0 aromatic rings. The number of hydrogen-bond acceptors (Lipinski definition) is 2. The molecule has 0 N–H and O–H groups in total. The van der Waals surface area contributed by atoms with E-state index in [1.165, 1.54) is 39.1 Å². The van der Waals surface area contributed by atoms with Crippen LogP contribution in [0.2, 0.25) is 0 Å². The summed E-state index contributed by atoms with van der Waals surface area (Å²) < 4.78 is 0. The second-order valence-corrected chi connectivity index (χ2v) is 4.38. The quantitative estimate of drug-likeness (QED) is 0.630.